The van der Waals surface area contributed by atoms with Crippen LogP contribution in [0.3, 0.4) is 0 Å². The van der Waals surface area contributed by atoms with Crippen molar-refractivity contribution in [3.8, 4) is 11.1 Å². The summed E-state index contributed by atoms with van der Waals surface area (Å²) in [5, 5.41) is 9.28. The molecule has 1 aliphatic rings. The van der Waals surface area contributed by atoms with Crippen molar-refractivity contribution in [2.45, 2.75) is 13.0 Å². The van der Waals surface area contributed by atoms with Crippen molar-refractivity contribution in [1.82, 2.24) is 9.88 Å². The number of aryl methyl sites for hydroxylation is 1. The zero-order valence-corrected chi connectivity index (χ0v) is 11.7. The minimum atomic E-state index is -0.480. The molecule has 0 aliphatic carbocycles. The number of hydrogen-bond donors (Lipinski definition) is 2. The molecule has 2 heterocycles. The van der Waals surface area contributed by atoms with E-state index in [-0.39, 0.29) is 24.6 Å². The monoisotopic (exact) mass is 284 g/mol. The van der Waals surface area contributed by atoms with Gasteiger partial charge in [-0.05, 0) is 18.6 Å². The van der Waals surface area contributed by atoms with E-state index in [1.807, 2.05) is 37.3 Å². The molecule has 2 aromatic rings. The van der Waals surface area contributed by atoms with Crippen LogP contribution < -0.4 is 5.56 Å². The Labute approximate surface area is 121 Å². The third-order valence-corrected chi connectivity index (χ3v) is 3.70. The quantitative estimate of drug-likeness (QED) is 0.869. The summed E-state index contributed by atoms with van der Waals surface area (Å²) in [6.07, 6.45) is -0.480. The number of nitrogens with one attached hydrogen (secondary N) is 1. The van der Waals surface area contributed by atoms with Crippen LogP contribution in [0, 0.1) is 6.92 Å². The number of carbonyl (C=O) groups excluding carboxylic acids is 1. The molecule has 1 amide bonds. The molecule has 0 radical (unpaired) electrons. The number of likely N-dealkylation sites (tertiary alicyclic amines) is 1. The average Bonchev–Trinajstić information content (AvgIpc) is 2.44. The van der Waals surface area contributed by atoms with E-state index in [0.717, 1.165) is 16.8 Å². The van der Waals surface area contributed by atoms with Crippen LogP contribution in [-0.2, 0) is 0 Å². The fraction of sp³-hybridized carbons (Fsp3) is 0.250. The SMILES string of the molecule is Cc1[nH]c(=O)c(C(=O)N2CC(O)C2)cc1-c1ccccc1. The Hall–Kier alpha value is -2.40. The highest BCUT2D eigenvalue weighted by Crippen LogP contribution is 2.22. The third kappa shape index (κ3) is 2.48. The van der Waals surface area contributed by atoms with Crippen LogP contribution in [0.25, 0.3) is 11.1 Å². The number of aliphatic hydroxyl groups is 1. The van der Waals surface area contributed by atoms with Crippen LogP contribution in [0.1, 0.15) is 16.1 Å². The summed E-state index contributed by atoms with van der Waals surface area (Å²) in [6.45, 7) is 2.38. The lowest BCUT2D eigenvalue weighted by Gasteiger charge is -2.35. The summed E-state index contributed by atoms with van der Waals surface area (Å²) in [4.78, 5) is 28.5. The maximum Gasteiger partial charge on any atom is 0.261 e. The van der Waals surface area contributed by atoms with Gasteiger partial charge in [-0.25, -0.2) is 0 Å². The second kappa shape index (κ2) is 5.18. The van der Waals surface area contributed by atoms with Gasteiger partial charge in [0.15, 0.2) is 0 Å². The van der Waals surface area contributed by atoms with Gasteiger partial charge in [-0.1, -0.05) is 30.3 Å². The van der Waals surface area contributed by atoms with E-state index in [1.165, 1.54) is 4.90 Å². The number of pyridine rings is 1. The van der Waals surface area contributed by atoms with Crippen molar-refractivity contribution in [2.24, 2.45) is 0 Å². The molecule has 3 rings (SSSR count). The fourth-order valence-electron chi connectivity index (χ4n) is 2.49. The molecule has 0 atom stereocenters. The summed E-state index contributed by atoms with van der Waals surface area (Å²) in [5.41, 5.74) is 2.24. The number of hydrogen-bond acceptors (Lipinski definition) is 3. The van der Waals surface area contributed by atoms with Gasteiger partial charge in [0.1, 0.15) is 5.56 Å². The van der Waals surface area contributed by atoms with Crippen LogP contribution in [0.4, 0.5) is 0 Å². The Balaban J connectivity index is 2.02. The van der Waals surface area contributed by atoms with Crippen LogP contribution in [0.5, 0.6) is 0 Å². The van der Waals surface area contributed by atoms with Crippen molar-refractivity contribution < 1.29 is 9.90 Å². The molecular formula is C16H16N2O3. The van der Waals surface area contributed by atoms with Gasteiger partial charge >= 0.3 is 0 Å². The number of β-amino-alcohol motifs (C(OH)–C–C–N with tert-alkyl or cyclic N) is 1. The van der Waals surface area contributed by atoms with Gasteiger partial charge in [-0.2, -0.15) is 0 Å². The second-order valence-corrected chi connectivity index (χ2v) is 5.28. The molecule has 1 aliphatic heterocycles. The molecule has 0 spiro atoms. The molecule has 1 aromatic carbocycles. The zero-order valence-electron chi connectivity index (χ0n) is 11.7. The molecule has 1 aromatic heterocycles. The first kappa shape index (κ1) is 13.6. The van der Waals surface area contributed by atoms with E-state index in [1.54, 1.807) is 6.07 Å². The van der Waals surface area contributed by atoms with Gasteiger partial charge in [0.05, 0.1) is 6.10 Å². The first-order chi connectivity index (χ1) is 10.1. The third-order valence-electron chi connectivity index (χ3n) is 3.70. The summed E-state index contributed by atoms with van der Waals surface area (Å²) >= 11 is 0. The predicted molar refractivity (Wildman–Crippen MR) is 79.1 cm³/mol. The van der Waals surface area contributed by atoms with Crippen molar-refractivity contribution in [3.05, 3.63) is 58.0 Å². The minimum absolute atomic E-state index is 0.117. The number of amides is 1. The number of aliphatic hydroxyl groups excluding tert-OH is 1. The maximum atomic E-state index is 12.3. The largest absolute Gasteiger partial charge is 0.389 e. The summed E-state index contributed by atoms with van der Waals surface area (Å²) in [5.74, 6) is -0.335. The maximum absolute atomic E-state index is 12.3. The van der Waals surface area contributed by atoms with Crippen LogP contribution in [-0.4, -0.2) is 40.1 Å². The number of aromatic amines is 1. The molecule has 1 saturated heterocycles. The molecule has 21 heavy (non-hydrogen) atoms. The number of H-pyrrole nitrogens is 1. The topological polar surface area (TPSA) is 73.4 Å². The molecule has 5 heteroatoms. The molecule has 0 unspecified atom stereocenters. The Morgan fingerprint density at radius 1 is 1.29 bits per heavy atom. The number of benzene rings is 1. The molecule has 1 fully saturated rings. The van der Waals surface area contributed by atoms with E-state index in [9.17, 15) is 14.7 Å². The van der Waals surface area contributed by atoms with E-state index in [0.29, 0.717) is 0 Å². The van der Waals surface area contributed by atoms with Gasteiger partial charge < -0.3 is 15.0 Å². The molecule has 5 nitrogen and oxygen atoms in total. The average molecular weight is 284 g/mol. The van der Waals surface area contributed by atoms with Crippen LogP contribution in [0.15, 0.2) is 41.2 Å². The molecule has 2 N–H and O–H groups in total. The number of aromatic nitrogens is 1. The van der Waals surface area contributed by atoms with Gasteiger partial charge in [-0.15, -0.1) is 0 Å². The Bertz CT molecular complexity index is 731. The van der Waals surface area contributed by atoms with Gasteiger partial charge in [0, 0.05) is 24.3 Å². The lowest BCUT2D eigenvalue weighted by Crippen LogP contribution is -2.54. The fourth-order valence-corrected chi connectivity index (χ4v) is 2.49. The lowest BCUT2D eigenvalue weighted by atomic mass is 10.0. The molecular weight excluding hydrogens is 268 g/mol. The van der Waals surface area contributed by atoms with Crippen LogP contribution in [0.2, 0.25) is 0 Å². The Kier molecular flexibility index (Phi) is 3.35. The van der Waals surface area contributed by atoms with E-state index < -0.39 is 11.7 Å². The minimum Gasteiger partial charge on any atom is -0.389 e. The standard InChI is InChI=1S/C16H16N2O3/c1-10-13(11-5-3-2-4-6-11)7-14(15(20)17-10)16(21)18-8-12(19)9-18/h2-7,12,19H,8-9H2,1H3,(H,17,20). The van der Waals surface area contributed by atoms with E-state index >= 15 is 0 Å². The van der Waals surface area contributed by atoms with Crippen molar-refractivity contribution >= 4 is 5.91 Å². The highest BCUT2D eigenvalue weighted by Gasteiger charge is 2.31. The smallest absolute Gasteiger partial charge is 0.261 e. The summed E-state index contributed by atoms with van der Waals surface area (Å²) in [6, 6.07) is 11.2. The Morgan fingerprint density at radius 3 is 2.57 bits per heavy atom. The van der Waals surface area contributed by atoms with Crippen molar-refractivity contribution in [2.75, 3.05) is 13.1 Å². The van der Waals surface area contributed by atoms with Crippen molar-refractivity contribution in [1.29, 1.82) is 0 Å². The first-order valence-corrected chi connectivity index (χ1v) is 6.83. The second-order valence-electron chi connectivity index (χ2n) is 5.28. The van der Waals surface area contributed by atoms with Crippen molar-refractivity contribution in [3.63, 3.8) is 0 Å². The first-order valence-electron chi connectivity index (χ1n) is 6.83. The molecule has 0 bridgehead atoms. The van der Waals surface area contributed by atoms with Gasteiger partial charge in [-0.3, -0.25) is 9.59 Å². The summed E-state index contributed by atoms with van der Waals surface area (Å²) < 4.78 is 0. The van der Waals surface area contributed by atoms with Crippen LogP contribution >= 0.6 is 0 Å². The predicted octanol–water partition coefficient (Wildman–Crippen LogP) is 1.17. The highest BCUT2D eigenvalue weighted by molar-refractivity contribution is 5.95. The Morgan fingerprint density at radius 2 is 1.95 bits per heavy atom. The number of carbonyl (C=O) groups is 1. The number of rotatable bonds is 2. The highest BCUT2D eigenvalue weighted by atomic mass is 16.3. The molecule has 108 valence electrons. The summed E-state index contributed by atoms with van der Waals surface area (Å²) in [7, 11) is 0. The normalized spacial score (nSPS) is 14.9. The number of nitrogens with zero attached hydrogens (tertiary/aromatic N) is 1. The van der Waals surface area contributed by atoms with E-state index in [4.69, 9.17) is 0 Å². The van der Waals surface area contributed by atoms with Gasteiger partial charge in [0.25, 0.3) is 11.5 Å². The van der Waals surface area contributed by atoms with Gasteiger partial charge in [0.2, 0.25) is 0 Å². The van der Waals surface area contributed by atoms with E-state index in [2.05, 4.69) is 4.98 Å². The zero-order chi connectivity index (χ0) is 15.0. The lowest BCUT2D eigenvalue weighted by molar-refractivity contribution is 0.00577. The molecule has 0 saturated carbocycles.